The van der Waals surface area contributed by atoms with Crippen LogP contribution in [0.3, 0.4) is 0 Å². The first-order valence-corrected chi connectivity index (χ1v) is 29.3. The number of hydrogen-bond donors (Lipinski definition) is 1. The summed E-state index contributed by atoms with van der Waals surface area (Å²) in [6, 6.07) is 4.62. The van der Waals surface area contributed by atoms with Crippen molar-refractivity contribution in [1.29, 1.82) is 0 Å². The van der Waals surface area contributed by atoms with Crippen molar-refractivity contribution in [2.45, 2.75) is 219 Å². The molecular formula is C61H81BF15NO4. The molecule has 462 valence electrons. The van der Waals surface area contributed by atoms with Gasteiger partial charge >= 0.3 is 7.32 Å². The first kappa shape index (κ1) is 71.3. The quantitative estimate of drug-likeness (QED) is 0.00915. The lowest BCUT2D eigenvalue weighted by Gasteiger charge is -2.36. The van der Waals surface area contributed by atoms with E-state index in [-0.39, 0.29) is 21.7 Å². The van der Waals surface area contributed by atoms with Crippen molar-refractivity contribution in [3.63, 3.8) is 0 Å². The number of unbranched alkanes of at least 4 members (excludes halogenated alkanes) is 30. The Kier molecular flexibility index (Phi) is 33.8. The highest BCUT2D eigenvalue weighted by Crippen LogP contribution is 2.39. The van der Waals surface area contributed by atoms with Gasteiger partial charge in [0.1, 0.15) is 5.75 Å². The Labute approximate surface area is 475 Å². The zero-order valence-corrected chi connectivity index (χ0v) is 47.6. The number of halogens is 15. The summed E-state index contributed by atoms with van der Waals surface area (Å²) in [5.74, 6) is -39.7. The molecule has 0 aliphatic rings. The second-order valence-electron chi connectivity index (χ2n) is 21.2. The van der Waals surface area contributed by atoms with Gasteiger partial charge in [0, 0.05) is 6.07 Å². The van der Waals surface area contributed by atoms with Gasteiger partial charge in [-0.15, -0.1) is 6.07 Å². The molecule has 0 amide bonds. The van der Waals surface area contributed by atoms with Gasteiger partial charge in [-0.1, -0.05) is 194 Å². The SMILES string of the molecule is CCCCCCCCCCCCCCCCCC[N+](C)(CCCCCCCCCCCCCCCCCC)c1cc(O)ccc1OB(Oc1c(F)c(F)c(F)c(F)c1F)Oc1c(F)c(F)c(F)c(F)c1F.Fc1[c-]c(F)c(F)c(F)c1F. The number of quaternary nitrogens is 1. The molecule has 0 atom stereocenters. The molecular weight excluding hydrogens is 1110 g/mol. The highest BCUT2D eigenvalue weighted by atomic mass is 19.2. The van der Waals surface area contributed by atoms with Gasteiger partial charge in [-0.2, -0.15) is 17.6 Å². The average Bonchev–Trinajstić information content (AvgIpc) is 3.43. The molecule has 5 nitrogen and oxygen atoms in total. The Morgan fingerprint density at radius 2 is 0.610 bits per heavy atom. The topological polar surface area (TPSA) is 47.9 Å². The van der Waals surface area contributed by atoms with Crippen LogP contribution in [0.1, 0.15) is 219 Å². The van der Waals surface area contributed by atoms with Gasteiger partial charge in [0.15, 0.2) is 22.9 Å². The van der Waals surface area contributed by atoms with Crippen LogP contribution in [0.5, 0.6) is 23.0 Å². The first-order valence-electron chi connectivity index (χ1n) is 29.3. The fourth-order valence-corrected chi connectivity index (χ4v) is 9.64. The van der Waals surface area contributed by atoms with Gasteiger partial charge in [0.25, 0.3) is 0 Å². The van der Waals surface area contributed by atoms with Crippen molar-refractivity contribution in [1.82, 2.24) is 4.48 Å². The van der Waals surface area contributed by atoms with E-state index in [4.69, 9.17) is 14.0 Å². The fourth-order valence-electron chi connectivity index (χ4n) is 9.64. The summed E-state index contributed by atoms with van der Waals surface area (Å²) >= 11 is 0. The maximum Gasteiger partial charge on any atom is 0.864 e. The molecule has 1 N–H and O–H groups in total. The maximum absolute atomic E-state index is 15.0. The monoisotopic (exact) mass is 1190 g/mol. The van der Waals surface area contributed by atoms with Crippen molar-refractivity contribution in [3.05, 3.63) is 112 Å². The predicted molar refractivity (Wildman–Crippen MR) is 290 cm³/mol. The van der Waals surface area contributed by atoms with E-state index in [9.17, 15) is 71.0 Å². The number of hydrogen-bond acceptors (Lipinski definition) is 4. The third-order valence-corrected chi connectivity index (χ3v) is 14.5. The Hall–Kier alpha value is -4.95. The summed E-state index contributed by atoms with van der Waals surface area (Å²) in [7, 11) is -1.08. The molecule has 0 saturated heterocycles. The standard InChI is InChI=1S/C55H80BF10NO4.C6F5/c1-4-6-8-10-12-14-16-18-20-22-24-26-28-30-32-34-38-67(3,39-35-33-31-29-27-25-23-21-19-17-15-13-11-9-7-5-2)42-40-41(68)36-37-43(42)69-56(70-54-50(63)46(59)44(57)47(60)51(54)64)71-55-52(65)48(61)45(58)49(62)53(55)66;7-2-1-3(8)5(10)6(11)4(2)9/h36-37,40H,4-35,38-39H2,1-3H3;/q;-1/p+1. The second kappa shape index (κ2) is 38.8. The maximum atomic E-state index is 15.0. The van der Waals surface area contributed by atoms with Crippen LogP contribution in [0.2, 0.25) is 0 Å². The molecule has 0 aliphatic carbocycles. The van der Waals surface area contributed by atoms with Crippen LogP contribution in [0.25, 0.3) is 0 Å². The van der Waals surface area contributed by atoms with Gasteiger partial charge in [-0.25, -0.2) is 39.5 Å². The van der Waals surface area contributed by atoms with E-state index in [0.717, 1.165) is 82.4 Å². The van der Waals surface area contributed by atoms with Crippen LogP contribution in [0, 0.1) is 93.3 Å². The highest BCUT2D eigenvalue weighted by molar-refractivity contribution is 6.39. The van der Waals surface area contributed by atoms with Crippen molar-refractivity contribution in [2.24, 2.45) is 0 Å². The molecule has 0 aliphatic heterocycles. The largest absolute Gasteiger partial charge is 0.864 e. The van der Waals surface area contributed by atoms with Crippen LogP contribution in [-0.2, 0) is 0 Å². The summed E-state index contributed by atoms with van der Waals surface area (Å²) in [5, 5.41) is 10.8. The molecule has 21 heteroatoms. The summed E-state index contributed by atoms with van der Waals surface area (Å²) < 4.78 is 221. The molecule has 0 saturated carbocycles. The van der Waals surface area contributed by atoms with Gasteiger partial charge in [0.2, 0.25) is 58.2 Å². The van der Waals surface area contributed by atoms with Crippen molar-refractivity contribution in [2.75, 3.05) is 20.1 Å². The van der Waals surface area contributed by atoms with Gasteiger partial charge in [-0.3, -0.25) is 13.3 Å². The minimum absolute atomic E-state index is 0.0682. The lowest BCUT2D eigenvalue weighted by atomic mass is 10.0. The fraction of sp³-hybridized carbons (Fsp3) is 0.607. The number of nitrogens with zero attached hydrogens (tertiary/aromatic N) is 1. The van der Waals surface area contributed by atoms with Gasteiger partial charge < -0.3 is 19.1 Å². The van der Waals surface area contributed by atoms with Crippen molar-refractivity contribution in [3.8, 4) is 23.0 Å². The van der Waals surface area contributed by atoms with Crippen LogP contribution in [0.4, 0.5) is 71.5 Å². The molecule has 0 bridgehead atoms. The third kappa shape index (κ3) is 23.6. The lowest BCUT2D eigenvalue weighted by Crippen LogP contribution is -2.47. The summed E-state index contributed by atoms with van der Waals surface area (Å²) in [5.41, 5.74) is 0.207. The van der Waals surface area contributed by atoms with Crippen LogP contribution in [0.15, 0.2) is 18.2 Å². The van der Waals surface area contributed by atoms with E-state index in [0.29, 0.717) is 25.9 Å². The smallest absolute Gasteiger partial charge is 0.508 e. The third-order valence-electron chi connectivity index (χ3n) is 14.5. The van der Waals surface area contributed by atoms with E-state index >= 15 is 0 Å². The molecule has 0 heterocycles. The number of benzene rings is 4. The first-order chi connectivity index (χ1) is 39.2. The van der Waals surface area contributed by atoms with Crippen molar-refractivity contribution >= 4 is 13.0 Å². The van der Waals surface area contributed by atoms with Crippen LogP contribution in [-0.4, -0.2) is 32.6 Å². The molecule has 4 rings (SSSR count). The molecule has 82 heavy (non-hydrogen) atoms. The minimum atomic E-state index is -2.93. The molecule has 0 unspecified atom stereocenters. The average molecular weight is 1190 g/mol. The Morgan fingerprint density at radius 3 is 0.902 bits per heavy atom. The zero-order valence-electron chi connectivity index (χ0n) is 47.6. The van der Waals surface area contributed by atoms with Crippen molar-refractivity contribution < 1.29 is 84.9 Å². The molecule has 4 aromatic rings. The van der Waals surface area contributed by atoms with E-state index in [2.05, 4.69) is 13.8 Å². The van der Waals surface area contributed by atoms with E-state index < -0.39 is 106 Å². The van der Waals surface area contributed by atoms with E-state index in [1.807, 2.05) is 7.05 Å². The molecule has 0 spiro atoms. The Bertz CT molecular complexity index is 2310. The lowest BCUT2D eigenvalue weighted by molar-refractivity contribution is 0.254. The van der Waals surface area contributed by atoms with E-state index in [1.54, 1.807) is 0 Å². The Morgan fingerprint density at radius 1 is 0.354 bits per heavy atom. The molecule has 0 fully saturated rings. The number of aromatic hydroxyl groups is 1. The van der Waals surface area contributed by atoms with Crippen LogP contribution >= 0.6 is 0 Å². The van der Waals surface area contributed by atoms with Gasteiger partial charge in [-0.05, 0) is 37.8 Å². The number of phenolic OH excluding ortho intramolecular Hbond substituents is 1. The summed E-state index contributed by atoms with van der Waals surface area (Å²) in [4.78, 5) is 0. The normalized spacial score (nSPS) is 11.5. The zero-order chi connectivity index (χ0) is 60.6. The van der Waals surface area contributed by atoms with E-state index in [1.165, 1.54) is 134 Å². The summed E-state index contributed by atoms with van der Waals surface area (Å²) in [6.45, 7) is 5.39. The van der Waals surface area contributed by atoms with Gasteiger partial charge in [0.05, 0.1) is 49.2 Å². The molecule has 0 radical (unpaired) electrons. The molecule has 0 aromatic heterocycles. The summed E-state index contributed by atoms with van der Waals surface area (Å²) in [6.07, 6.45) is 37.3. The second-order valence-corrected chi connectivity index (χ2v) is 21.2. The number of rotatable bonds is 41. The molecule has 4 aromatic carbocycles. The number of phenols is 1. The predicted octanol–water partition coefficient (Wildman–Crippen LogP) is 20.9. The Balaban J connectivity index is 0.00000143. The highest BCUT2D eigenvalue weighted by Gasteiger charge is 2.42. The van der Waals surface area contributed by atoms with Crippen LogP contribution < -0.4 is 18.4 Å². The minimum Gasteiger partial charge on any atom is -0.508 e.